The quantitative estimate of drug-likeness (QED) is 0.845. The third-order valence-electron chi connectivity index (χ3n) is 2.05. The summed E-state index contributed by atoms with van der Waals surface area (Å²) >= 11 is 0. The lowest BCUT2D eigenvalue weighted by Gasteiger charge is -2.07. The third kappa shape index (κ3) is 5.35. The highest BCUT2D eigenvalue weighted by Gasteiger charge is 2.13. The van der Waals surface area contributed by atoms with Gasteiger partial charge in [0.05, 0.1) is 5.75 Å². The molecule has 2 N–H and O–H groups in total. The second kappa shape index (κ2) is 6.24. The van der Waals surface area contributed by atoms with Gasteiger partial charge in [-0.25, -0.2) is 17.9 Å². The Bertz CT molecular complexity index is 457. The molecule has 0 radical (unpaired) electrons. The summed E-state index contributed by atoms with van der Waals surface area (Å²) in [6, 6.07) is 7.94. The Balaban J connectivity index is 2.50. The zero-order valence-corrected chi connectivity index (χ0v) is 10.5. The van der Waals surface area contributed by atoms with E-state index in [0.29, 0.717) is 12.1 Å². The monoisotopic (exact) mass is 256 g/mol. The van der Waals surface area contributed by atoms with Crippen LogP contribution in [0.1, 0.15) is 19.8 Å². The van der Waals surface area contributed by atoms with Crippen LogP contribution in [0.4, 0.5) is 10.5 Å². The van der Waals surface area contributed by atoms with Crippen molar-refractivity contribution in [1.82, 2.24) is 4.72 Å². The molecule has 17 heavy (non-hydrogen) atoms. The van der Waals surface area contributed by atoms with Gasteiger partial charge in [-0.2, -0.15) is 0 Å². The molecule has 0 saturated heterocycles. The lowest BCUT2D eigenvalue weighted by atomic mass is 10.3. The number of anilines is 1. The van der Waals surface area contributed by atoms with Crippen LogP contribution in [0.2, 0.25) is 0 Å². The average molecular weight is 256 g/mol. The molecule has 1 aromatic rings. The Labute approximate surface area is 101 Å². The fourth-order valence-electron chi connectivity index (χ4n) is 1.20. The Morgan fingerprint density at radius 2 is 1.88 bits per heavy atom. The number of hydrogen-bond acceptors (Lipinski definition) is 3. The van der Waals surface area contributed by atoms with Gasteiger partial charge in [0.25, 0.3) is 0 Å². The first-order valence-electron chi connectivity index (χ1n) is 5.40. The number of carbonyl (C=O) groups excluding carboxylic acids is 1. The summed E-state index contributed by atoms with van der Waals surface area (Å²) in [5, 5.41) is 2.45. The van der Waals surface area contributed by atoms with Crippen LogP contribution in [0.3, 0.4) is 0 Å². The highest BCUT2D eigenvalue weighted by Crippen LogP contribution is 2.04. The number of hydrogen-bond donors (Lipinski definition) is 2. The topological polar surface area (TPSA) is 75.3 Å². The molecule has 0 aromatic heterocycles. The van der Waals surface area contributed by atoms with E-state index in [-0.39, 0.29) is 5.75 Å². The predicted octanol–water partition coefficient (Wildman–Crippen LogP) is 1.94. The van der Waals surface area contributed by atoms with E-state index in [2.05, 4.69) is 5.32 Å². The van der Waals surface area contributed by atoms with Crippen molar-refractivity contribution in [2.45, 2.75) is 19.8 Å². The standard InChI is InChI=1S/C11H16N2O3S/c1-2-3-9-17(15,16)13-11(14)12-10-7-5-4-6-8-10/h4-8H,2-3,9H2,1H3,(H2,12,13,14). The Morgan fingerprint density at radius 1 is 1.24 bits per heavy atom. The van der Waals surface area contributed by atoms with Crippen LogP contribution < -0.4 is 10.0 Å². The number of amides is 2. The SMILES string of the molecule is CCCCS(=O)(=O)NC(=O)Nc1ccccc1. The predicted molar refractivity (Wildman–Crippen MR) is 67.3 cm³/mol. The molecule has 0 spiro atoms. The van der Waals surface area contributed by atoms with Crippen LogP contribution in [-0.2, 0) is 10.0 Å². The molecule has 0 saturated carbocycles. The van der Waals surface area contributed by atoms with Gasteiger partial charge in [0, 0.05) is 5.69 Å². The minimum atomic E-state index is -3.53. The lowest BCUT2D eigenvalue weighted by molar-refractivity contribution is 0.256. The average Bonchev–Trinajstić information content (AvgIpc) is 2.27. The molecule has 94 valence electrons. The summed E-state index contributed by atoms with van der Waals surface area (Å²) in [5.41, 5.74) is 0.552. The molecule has 2 amide bonds. The van der Waals surface area contributed by atoms with Gasteiger partial charge in [-0.05, 0) is 18.6 Å². The molecule has 5 nitrogen and oxygen atoms in total. The van der Waals surface area contributed by atoms with Gasteiger partial charge in [-0.15, -0.1) is 0 Å². The van der Waals surface area contributed by atoms with Crippen molar-refractivity contribution < 1.29 is 13.2 Å². The summed E-state index contributed by atoms with van der Waals surface area (Å²) in [7, 11) is -3.53. The number of benzene rings is 1. The number of rotatable bonds is 5. The second-order valence-electron chi connectivity index (χ2n) is 3.59. The second-order valence-corrected chi connectivity index (χ2v) is 5.44. The van der Waals surface area contributed by atoms with Crippen molar-refractivity contribution in [3.05, 3.63) is 30.3 Å². The highest BCUT2D eigenvalue weighted by molar-refractivity contribution is 7.90. The van der Waals surface area contributed by atoms with Gasteiger partial charge in [0.2, 0.25) is 10.0 Å². The van der Waals surface area contributed by atoms with Gasteiger partial charge in [0.1, 0.15) is 0 Å². The maximum atomic E-state index is 11.4. The number of urea groups is 1. The molecule has 0 unspecified atom stereocenters. The molecule has 0 aliphatic heterocycles. The van der Waals surface area contributed by atoms with E-state index in [1.54, 1.807) is 30.3 Å². The van der Waals surface area contributed by atoms with Gasteiger partial charge in [-0.1, -0.05) is 31.5 Å². The molecule has 1 rings (SSSR count). The lowest BCUT2D eigenvalue weighted by Crippen LogP contribution is -2.35. The summed E-state index contributed by atoms with van der Waals surface area (Å²) in [4.78, 5) is 11.4. The number of unbranched alkanes of at least 4 members (excludes halogenated alkanes) is 1. The van der Waals surface area contributed by atoms with E-state index < -0.39 is 16.1 Å². The summed E-state index contributed by atoms with van der Waals surface area (Å²) in [5.74, 6) is -0.0360. The minimum absolute atomic E-state index is 0.0360. The van der Waals surface area contributed by atoms with E-state index in [1.807, 2.05) is 11.6 Å². The maximum Gasteiger partial charge on any atom is 0.332 e. The Morgan fingerprint density at radius 3 is 2.47 bits per heavy atom. The minimum Gasteiger partial charge on any atom is -0.307 e. The fraction of sp³-hybridized carbons (Fsp3) is 0.364. The van der Waals surface area contributed by atoms with Crippen LogP contribution in [0.5, 0.6) is 0 Å². The molecule has 1 aromatic carbocycles. The summed E-state index contributed by atoms with van der Waals surface area (Å²) in [6.45, 7) is 1.89. The molecule has 0 fully saturated rings. The largest absolute Gasteiger partial charge is 0.332 e. The smallest absolute Gasteiger partial charge is 0.307 e. The molecular formula is C11H16N2O3S. The van der Waals surface area contributed by atoms with E-state index in [4.69, 9.17) is 0 Å². The van der Waals surface area contributed by atoms with Crippen molar-refractivity contribution in [1.29, 1.82) is 0 Å². The normalized spacial score (nSPS) is 10.9. The van der Waals surface area contributed by atoms with Crippen LogP contribution in [0, 0.1) is 0 Å². The van der Waals surface area contributed by atoms with Crippen LogP contribution >= 0.6 is 0 Å². The number of nitrogens with one attached hydrogen (secondary N) is 2. The van der Waals surface area contributed by atoms with E-state index in [1.165, 1.54) is 0 Å². The van der Waals surface area contributed by atoms with E-state index in [9.17, 15) is 13.2 Å². The van der Waals surface area contributed by atoms with Gasteiger partial charge < -0.3 is 5.32 Å². The Hall–Kier alpha value is -1.56. The first-order valence-corrected chi connectivity index (χ1v) is 7.05. The zero-order valence-electron chi connectivity index (χ0n) is 9.64. The molecule has 0 aliphatic carbocycles. The first-order chi connectivity index (χ1) is 8.03. The zero-order chi connectivity index (χ0) is 12.7. The summed E-state index contributed by atoms with van der Waals surface area (Å²) < 4.78 is 24.8. The van der Waals surface area contributed by atoms with Gasteiger partial charge >= 0.3 is 6.03 Å². The van der Waals surface area contributed by atoms with Gasteiger partial charge in [-0.3, -0.25) is 0 Å². The number of carbonyl (C=O) groups is 1. The molecule has 0 heterocycles. The molecule has 0 bridgehead atoms. The summed E-state index contributed by atoms with van der Waals surface area (Å²) in [6.07, 6.45) is 1.30. The van der Waals surface area contributed by atoms with Crippen LogP contribution in [0.25, 0.3) is 0 Å². The maximum absolute atomic E-state index is 11.4. The van der Waals surface area contributed by atoms with Crippen LogP contribution in [-0.4, -0.2) is 20.2 Å². The Kier molecular flexibility index (Phi) is 4.96. The van der Waals surface area contributed by atoms with E-state index in [0.717, 1.165) is 6.42 Å². The molecule has 6 heteroatoms. The van der Waals surface area contributed by atoms with Crippen LogP contribution in [0.15, 0.2) is 30.3 Å². The fourth-order valence-corrected chi connectivity index (χ4v) is 2.31. The number of sulfonamides is 1. The van der Waals surface area contributed by atoms with Crippen molar-refractivity contribution in [2.24, 2.45) is 0 Å². The molecule has 0 aliphatic rings. The highest BCUT2D eigenvalue weighted by atomic mass is 32.2. The van der Waals surface area contributed by atoms with Gasteiger partial charge in [0.15, 0.2) is 0 Å². The van der Waals surface area contributed by atoms with Crippen molar-refractivity contribution in [3.63, 3.8) is 0 Å². The number of para-hydroxylation sites is 1. The van der Waals surface area contributed by atoms with E-state index >= 15 is 0 Å². The van der Waals surface area contributed by atoms with Crippen molar-refractivity contribution in [3.8, 4) is 0 Å². The van der Waals surface area contributed by atoms with Crippen molar-refractivity contribution in [2.75, 3.05) is 11.1 Å². The first kappa shape index (κ1) is 13.5. The van der Waals surface area contributed by atoms with Crippen molar-refractivity contribution >= 4 is 21.7 Å². The molecule has 0 atom stereocenters. The third-order valence-corrected chi connectivity index (χ3v) is 3.37. The molecular weight excluding hydrogens is 240 g/mol.